The van der Waals surface area contributed by atoms with Gasteiger partial charge < -0.3 is 15.5 Å². The summed E-state index contributed by atoms with van der Waals surface area (Å²) in [6.07, 6.45) is 5.12. The third-order valence-electron chi connectivity index (χ3n) is 5.09. The zero-order valence-corrected chi connectivity index (χ0v) is 15.1. The molecule has 2 heterocycles. The second kappa shape index (κ2) is 8.17. The molecular weight excluding hydrogens is 330 g/mol. The summed E-state index contributed by atoms with van der Waals surface area (Å²) < 4.78 is 0. The predicted molar refractivity (Wildman–Crippen MR) is 97.2 cm³/mol. The molecule has 1 aliphatic carbocycles. The lowest BCUT2D eigenvalue weighted by molar-refractivity contribution is -0.122. The van der Waals surface area contributed by atoms with Crippen LogP contribution in [0.3, 0.4) is 0 Å². The first-order valence-corrected chi connectivity index (χ1v) is 9.21. The molecule has 1 saturated heterocycles. The Hall–Kier alpha value is -2.62. The van der Waals surface area contributed by atoms with E-state index in [4.69, 9.17) is 5.26 Å². The molecule has 2 amide bonds. The third kappa shape index (κ3) is 4.72. The van der Waals surface area contributed by atoms with Crippen LogP contribution in [-0.4, -0.2) is 42.5 Å². The first kappa shape index (κ1) is 18.2. The number of nitrogens with one attached hydrogen (secondary N) is 2. The fourth-order valence-electron chi connectivity index (χ4n) is 3.60. The summed E-state index contributed by atoms with van der Waals surface area (Å²) in [6.45, 7) is 3.64. The van der Waals surface area contributed by atoms with Gasteiger partial charge in [-0.05, 0) is 37.3 Å². The van der Waals surface area contributed by atoms with Gasteiger partial charge in [-0.3, -0.25) is 9.59 Å². The van der Waals surface area contributed by atoms with Gasteiger partial charge in [0.15, 0.2) is 0 Å². The largest absolute Gasteiger partial charge is 0.356 e. The number of carbonyl (C=O) groups excluding carboxylic acids is 2. The third-order valence-corrected chi connectivity index (χ3v) is 5.09. The first-order chi connectivity index (χ1) is 12.6. The van der Waals surface area contributed by atoms with Crippen LogP contribution in [0, 0.1) is 23.2 Å². The van der Waals surface area contributed by atoms with Crippen molar-refractivity contribution in [3.05, 3.63) is 23.9 Å². The van der Waals surface area contributed by atoms with Crippen LogP contribution in [0.1, 0.15) is 38.2 Å². The number of rotatable bonds is 7. The number of hydrogen-bond acceptors (Lipinski definition) is 5. The number of hydrogen-bond donors (Lipinski definition) is 2. The number of aromatic nitrogens is 1. The van der Waals surface area contributed by atoms with Crippen LogP contribution >= 0.6 is 0 Å². The van der Waals surface area contributed by atoms with Crippen molar-refractivity contribution in [2.24, 2.45) is 11.8 Å². The molecule has 0 unspecified atom stereocenters. The van der Waals surface area contributed by atoms with E-state index in [2.05, 4.69) is 26.6 Å². The summed E-state index contributed by atoms with van der Waals surface area (Å²) in [5.41, 5.74) is 0.552. The molecule has 1 aliphatic heterocycles. The van der Waals surface area contributed by atoms with E-state index in [1.807, 2.05) is 6.07 Å². The lowest BCUT2D eigenvalue weighted by atomic mass is 9.98. The molecule has 7 nitrogen and oxygen atoms in total. The fraction of sp³-hybridized carbons (Fsp3) is 0.579. The Morgan fingerprint density at radius 2 is 2.15 bits per heavy atom. The minimum absolute atomic E-state index is 0.0423. The molecule has 7 heteroatoms. The second-order valence-corrected chi connectivity index (χ2v) is 7.18. The predicted octanol–water partition coefficient (Wildman–Crippen LogP) is 1.20. The Labute approximate surface area is 153 Å². The Morgan fingerprint density at radius 1 is 1.35 bits per heavy atom. The quantitative estimate of drug-likeness (QED) is 0.716. The van der Waals surface area contributed by atoms with Gasteiger partial charge in [-0.2, -0.15) is 5.26 Å². The molecule has 26 heavy (non-hydrogen) atoms. The number of nitriles is 1. The van der Waals surface area contributed by atoms with Crippen LogP contribution in [0.4, 0.5) is 5.82 Å². The van der Waals surface area contributed by atoms with Gasteiger partial charge in [-0.25, -0.2) is 4.98 Å². The molecule has 2 aliphatic rings. The van der Waals surface area contributed by atoms with Crippen molar-refractivity contribution >= 4 is 17.6 Å². The molecule has 138 valence electrons. The average Bonchev–Trinajstić information content (AvgIpc) is 3.39. The van der Waals surface area contributed by atoms with E-state index in [1.165, 1.54) is 19.8 Å². The van der Waals surface area contributed by atoms with Crippen molar-refractivity contribution in [3.8, 4) is 6.07 Å². The maximum Gasteiger partial charge on any atom is 0.220 e. The van der Waals surface area contributed by atoms with Crippen molar-refractivity contribution in [1.29, 1.82) is 5.26 Å². The fourth-order valence-corrected chi connectivity index (χ4v) is 3.60. The Kier molecular flexibility index (Phi) is 5.71. The summed E-state index contributed by atoms with van der Waals surface area (Å²) in [4.78, 5) is 29.7. The van der Waals surface area contributed by atoms with Gasteiger partial charge >= 0.3 is 0 Å². The molecule has 0 radical (unpaired) electrons. The molecule has 3 rings (SSSR count). The van der Waals surface area contributed by atoms with E-state index in [0.29, 0.717) is 36.8 Å². The standard InChI is InChI=1S/C19H25N5O2/c1-13(25)21-8-2-3-19(26)23-17-12-24(11-16(17)15-5-6-15)18-7-4-14(9-20)10-22-18/h4,7,10,15-17H,2-3,5-6,8,11-12H2,1H3,(H,21,25)(H,23,26)/t16-,17+/m1/s1. The molecule has 0 bridgehead atoms. The van der Waals surface area contributed by atoms with Crippen molar-refractivity contribution in [3.63, 3.8) is 0 Å². The van der Waals surface area contributed by atoms with Crippen LogP contribution in [0.15, 0.2) is 18.3 Å². The highest BCUT2D eigenvalue weighted by Gasteiger charge is 2.43. The van der Waals surface area contributed by atoms with E-state index in [9.17, 15) is 9.59 Å². The van der Waals surface area contributed by atoms with Gasteiger partial charge in [-0.15, -0.1) is 0 Å². The van der Waals surface area contributed by atoms with Gasteiger partial charge in [0.1, 0.15) is 11.9 Å². The molecule has 1 aromatic heterocycles. The van der Waals surface area contributed by atoms with Crippen LogP contribution in [0.2, 0.25) is 0 Å². The molecule has 0 spiro atoms. The number of amides is 2. The van der Waals surface area contributed by atoms with Crippen LogP contribution in [-0.2, 0) is 9.59 Å². The summed E-state index contributed by atoms with van der Waals surface area (Å²) in [6, 6.07) is 5.87. The summed E-state index contributed by atoms with van der Waals surface area (Å²) in [5.74, 6) is 1.97. The van der Waals surface area contributed by atoms with Crippen LogP contribution < -0.4 is 15.5 Å². The second-order valence-electron chi connectivity index (χ2n) is 7.18. The highest BCUT2D eigenvalue weighted by molar-refractivity contribution is 5.76. The highest BCUT2D eigenvalue weighted by Crippen LogP contribution is 2.42. The molecule has 1 aromatic rings. The van der Waals surface area contributed by atoms with Gasteiger partial charge in [0.25, 0.3) is 0 Å². The van der Waals surface area contributed by atoms with Gasteiger partial charge in [0.2, 0.25) is 11.8 Å². The maximum atomic E-state index is 12.3. The lowest BCUT2D eigenvalue weighted by Gasteiger charge is -2.19. The SMILES string of the molecule is CC(=O)NCCCC(=O)N[C@H]1CN(c2ccc(C#N)cn2)C[C@@H]1C1CC1. The normalized spacial score (nSPS) is 21.9. The molecule has 2 atom stereocenters. The zero-order chi connectivity index (χ0) is 18.5. The van der Waals surface area contributed by atoms with Crippen molar-refractivity contribution in [2.75, 3.05) is 24.5 Å². The van der Waals surface area contributed by atoms with Crippen LogP contribution in [0.25, 0.3) is 0 Å². The highest BCUT2D eigenvalue weighted by atomic mass is 16.2. The molecule has 0 aromatic carbocycles. The Balaban J connectivity index is 1.55. The van der Waals surface area contributed by atoms with Crippen molar-refractivity contribution in [2.45, 2.75) is 38.6 Å². The minimum atomic E-state index is -0.0689. The molecular formula is C19H25N5O2. The number of carbonyl (C=O) groups is 2. The minimum Gasteiger partial charge on any atom is -0.356 e. The zero-order valence-electron chi connectivity index (χ0n) is 15.1. The summed E-state index contributed by atoms with van der Waals surface area (Å²) in [5, 5.41) is 14.8. The lowest BCUT2D eigenvalue weighted by Crippen LogP contribution is -2.41. The van der Waals surface area contributed by atoms with Crippen molar-refractivity contribution in [1.82, 2.24) is 15.6 Å². The maximum absolute atomic E-state index is 12.3. The van der Waals surface area contributed by atoms with E-state index >= 15 is 0 Å². The first-order valence-electron chi connectivity index (χ1n) is 9.21. The number of anilines is 1. The van der Waals surface area contributed by atoms with Crippen LogP contribution in [0.5, 0.6) is 0 Å². The molecule has 2 fully saturated rings. The number of nitrogens with zero attached hydrogens (tertiary/aromatic N) is 3. The molecule has 1 saturated carbocycles. The number of pyridine rings is 1. The van der Waals surface area contributed by atoms with Gasteiger partial charge in [0, 0.05) is 45.1 Å². The Morgan fingerprint density at radius 3 is 2.77 bits per heavy atom. The molecule has 2 N–H and O–H groups in total. The van der Waals surface area contributed by atoms with E-state index in [1.54, 1.807) is 12.3 Å². The van der Waals surface area contributed by atoms with Gasteiger partial charge in [0.05, 0.1) is 11.6 Å². The topological polar surface area (TPSA) is 98.1 Å². The smallest absolute Gasteiger partial charge is 0.220 e. The van der Waals surface area contributed by atoms with Crippen molar-refractivity contribution < 1.29 is 9.59 Å². The monoisotopic (exact) mass is 355 g/mol. The van der Waals surface area contributed by atoms with E-state index in [-0.39, 0.29) is 17.9 Å². The van der Waals surface area contributed by atoms with E-state index < -0.39 is 0 Å². The Bertz CT molecular complexity index is 693. The van der Waals surface area contributed by atoms with Gasteiger partial charge in [-0.1, -0.05) is 0 Å². The summed E-state index contributed by atoms with van der Waals surface area (Å²) >= 11 is 0. The summed E-state index contributed by atoms with van der Waals surface area (Å²) in [7, 11) is 0. The van der Waals surface area contributed by atoms with E-state index in [0.717, 1.165) is 18.9 Å². The average molecular weight is 355 g/mol.